The molecule has 1 N–H and O–H groups in total. The lowest BCUT2D eigenvalue weighted by atomic mass is 9.84. The highest BCUT2D eigenvalue weighted by Gasteiger charge is 2.37. The van der Waals surface area contributed by atoms with E-state index in [9.17, 15) is 13.2 Å². The molecule has 27 heavy (non-hydrogen) atoms. The van der Waals surface area contributed by atoms with Gasteiger partial charge in [-0.2, -0.15) is 0 Å². The molecule has 2 aromatic carbocycles. The van der Waals surface area contributed by atoms with E-state index in [2.05, 4.69) is 20.7 Å². The van der Waals surface area contributed by atoms with Crippen LogP contribution in [-0.2, 0) is 21.2 Å². The number of nitrogens with one attached hydrogen (secondary N) is 1. The average Bonchev–Trinajstić information content (AvgIpc) is 2.87. The van der Waals surface area contributed by atoms with Gasteiger partial charge in [0, 0.05) is 27.8 Å². The van der Waals surface area contributed by atoms with Crippen LogP contribution in [0.2, 0.25) is 0 Å². The number of halogens is 1. The van der Waals surface area contributed by atoms with E-state index >= 15 is 0 Å². The van der Waals surface area contributed by atoms with Crippen molar-refractivity contribution in [3.63, 3.8) is 0 Å². The van der Waals surface area contributed by atoms with Gasteiger partial charge in [-0.1, -0.05) is 28.4 Å². The largest absolute Gasteiger partial charge is 0.309 e. The third-order valence-corrected chi connectivity index (χ3v) is 7.22. The lowest BCUT2D eigenvalue weighted by Crippen LogP contribution is -2.42. The van der Waals surface area contributed by atoms with Gasteiger partial charge in [-0.05, 0) is 68.1 Å². The maximum atomic E-state index is 12.8. The minimum absolute atomic E-state index is 0.0593. The number of benzene rings is 2. The quantitative estimate of drug-likeness (QED) is 0.756. The zero-order valence-corrected chi connectivity index (χ0v) is 17.4. The van der Waals surface area contributed by atoms with Crippen molar-refractivity contribution in [2.75, 3.05) is 9.62 Å². The van der Waals surface area contributed by atoms with E-state index in [1.54, 1.807) is 36.4 Å². The number of anilines is 2. The molecule has 0 bridgehead atoms. The van der Waals surface area contributed by atoms with Crippen LogP contribution in [-0.4, -0.2) is 20.4 Å². The topological polar surface area (TPSA) is 66.5 Å². The first-order valence-electron chi connectivity index (χ1n) is 9.09. The number of fused-ring (bicyclic) bond motifs is 1. The van der Waals surface area contributed by atoms with Gasteiger partial charge < -0.3 is 4.90 Å². The first-order valence-corrected chi connectivity index (χ1v) is 11.4. The van der Waals surface area contributed by atoms with Crippen LogP contribution in [0.1, 0.15) is 31.7 Å². The van der Waals surface area contributed by atoms with E-state index in [0.29, 0.717) is 12.1 Å². The number of carbonyl (C=O) groups excluding carboxylic acids is 1. The fraction of sp³-hybridized carbons (Fsp3) is 0.350. The molecule has 7 heteroatoms. The Labute approximate surface area is 167 Å². The van der Waals surface area contributed by atoms with Crippen molar-refractivity contribution in [2.45, 2.75) is 43.5 Å². The van der Waals surface area contributed by atoms with Crippen molar-refractivity contribution >= 4 is 43.2 Å². The van der Waals surface area contributed by atoms with Crippen molar-refractivity contribution in [3.8, 4) is 0 Å². The molecular weight excluding hydrogens is 428 g/mol. The normalized spacial score (nSPS) is 19.5. The van der Waals surface area contributed by atoms with Crippen molar-refractivity contribution in [1.29, 1.82) is 0 Å². The second kappa shape index (κ2) is 6.95. The number of sulfonamides is 1. The summed E-state index contributed by atoms with van der Waals surface area (Å²) in [6.45, 7) is 2.02. The summed E-state index contributed by atoms with van der Waals surface area (Å²) in [6.07, 6.45) is 3.71. The molecule has 2 aromatic rings. The fourth-order valence-electron chi connectivity index (χ4n) is 3.73. The predicted octanol–water partition coefficient (Wildman–Crippen LogP) is 4.33. The molecule has 0 aromatic heterocycles. The van der Waals surface area contributed by atoms with E-state index in [1.165, 1.54) is 0 Å². The third kappa shape index (κ3) is 3.50. The summed E-state index contributed by atoms with van der Waals surface area (Å²) in [7, 11) is -3.69. The zero-order valence-electron chi connectivity index (χ0n) is 15.0. The molecular formula is C20H21BrN2O3S. The van der Waals surface area contributed by atoms with Crippen LogP contribution in [0.5, 0.6) is 0 Å². The molecule has 142 valence electrons. The summed E-state index contributed by atoms with van der Waals surface area (Å²) in [5.74, 6) is 0.301. The first kappa shape index (κ1) is 18.5. The maximum absolute atomic E-state index is 12.8. The Balaban J connectivity index is 1.61. The molecule has 5 nitrogen and oxygen atoms in total. The summed E-state index contributed by atoms with van der Waals surface area (Å²) in [5, 5.41) is 0. The number of rotatable bonds is 4. The molecule has 1 heterocycles. The third-order valence-electron chi connectivity index (χ3n) is 5.35. The summed E-state index contributed by atoms with van der Waals surface area (Å²) < 4.78 is 28.9. The van der Waals surface area contributed by atoms with E-state index < -0.39 is 10.0 Å². The SMILES string of the molecule is CC1Cc2cc(S(=O)(=O)Nc3cccc(Br)c3)ccc2N1C(=O)C1CCC1. The maximum Gasteiger partial charge on any atom is 0.261 e. The predicted molar refractivity (Wildman–Crippen MR) is 109 cm³/mol. The molecule has 1 aliphatic carbocycles. The highest BCUT2D eigenvalue weighted by Crippen LogP contribution is 2.38. The Morgan fingerprint density at radius 1 is 1.19 bits per heavy atom. The molecule has 0 radical (unpaired) electrons. The van der Waals surface area contributed by atoms with Gasteiger partial charge in [0.15, 0.2) is 0 Å². The molecule has 1 amide bonds. The number of hydrogen-bond acceptors (Lipinski definition) is 3. The highest BCUT2D eigenvalue weighted by atomic mass is 79.9. The van der Waals surface area contributed by atoms with Crippen molar-refractivity contribution in [1.82, 2.24) is 0 Å². The zero-order chi connectivity index (χ0) is 19.2. The highest BCUT2D eigenvalue weighted by molar-refractivity contribution is 9.10. The van der Waals surface area contributed by atoms with Crippen LogP contribution in [0.25, 0.3) is 0 Å². The minimum Gasteiger partial charge on any atom is -0.309 e. The second-order valence-electron chi connectivity index (χ2n) is 7.30. The van der Waals surface area contributed by atoms with Gasteiger partial charge in [-0.15, -0.1) is 0 Å². The molecule has 1 atom stereocenters. The number of hydrogen-bond donors (Lipinski definition) is 1. The number of amides is 1. The van der Waals surface area contributed by atoms with Crippen LogP contribution in [0.3, 0.4) is 0 Å². The smallest absolute Gasteiger partial charge is 0.261 e. The van der Waals surface area contributed by atoms with E-state index in [-0.39, 0.29) is 22.8 Å². The number of carbonyl (C=O) groups is 1. The van der Waals surface area contributed by atoms with Crippen molar-refractivity contribution in [3.05, 3.63) is 52.5 Å². The monoisotopic (exact) mass is 448 g/mol. The molecule has 1 saturated carbocycles. The van der Waals surface area contributed by atoms with Crippen LogP contribution < -0.4 is 9.62 Å². The van der Waals surface area contributed by atoms with Gasteiger partial charge in [0.05, 0.1) is 4.90 Å². The average molecular weight is 449 g/mol. The molecule has 1 fully saturated rings. The van der Waals surface area contributed by atoms with E-state index in [4.69, 9.17) is 0 Å². The summed E-state index contributed by atoms with van der Waals surface area (Å²) in [6, 6.07) is 12.1. The van der Waals surface area contributed by atoms with Crippen LogP contribution in [0.15, 0.2) is 51.8 Å². The number of nitrogens with zero attached hydrogens (tertiary/aromatic N) is 1. The van der Waals surface area contributed by atoms with Gasteiger partial charge in [0.1, 0.15) is 0 Å². The Morgan fingerprint density at radius 3 is 2.63 bits per heavy atom. The van der Waals surface area contributed by atoms with Gasteiger partial charge in [-0.3, -0.25) is 9.52 Å². The molecule has 4 rings (SSSR count). The Morgan fingerprint density at radius 2 is 1.96 bits per heavy atom. The summed E-state index contributed by atoms with van der Waals surface area (Å²) in [4.78, 5) is 14.8. The Hall–Kier alpha value is -1.86. The van der Waals surface area contributed by atoms with Gasteiger partial charge in [0.25, 0.3) is 10.0 Å². The Bertz CT molecular complexity index is 1000. The first-order chi connectivity index (χ1) is 12.8. The molecule has 1 unspecified atom stereocenters. The van der Waals surface area contributed by atoms with Crippen LogP contribution in [0.4, 0.5) is 11.4 Å². The minimum atomic E-state index is -3.69. The van der Waals surface area contributed by atoms with Crippen molar-refractivity contribution in [2.24, 2.45) is 5.92 Å². The van der Waals surface area contributed by atoms with E-state index in [0.717, 1.165) is 35.0 Å². The molecule has 0 spiro atoms. The standard InChI is InChI=1S/C20H21BrN2O3S/c1-13-10-15-11-18(27(25,26)22-17-7-3-6-16(21)12-17)8-9-19(15)23(13)20(24)14-4-2-5-14/h3,6-9,11-14,22H,2,4-5,10H2,1H3. The molecule has 2 aliphatic rings. The van der Waals surface area contributed by atoms with Gasteiger partial charge >= 0.3 is 0 Å². The molecule has 0 saturated heterocycles. The van der Waals surface area contributed by atoms with Gasteiger partial charge in [-0.25, -0.2) is 8.42 Å². The van der Waals surface area contributed by atoms with E-state index in [1.807, 2.05) is 17.9 Å². The fourth-order valence-corrected chi connectivity index (χ4v) is 5.23. The summed E-state index contributed by atoms with van der Waals surface area (Å²) >= 11 is 3.34. The van der Waals surface area contributed by atoms with Crippen LogP contribution >= 0.6 is 15.9 Å². The lowest BCUT2D eigenvalue weighted by Gasteiger charge is -2.32. The lowest BCUT2D eigenvalue weighted by molar-refractivity contribution is -0.125. The molecule has 1 aliphatic heterocycles. The van der Waals surface area contributed by atoms with Crippen molar-refractivity contribution < 1.29 is 13.2 Å². The summed E-state index contributed by atoms with van der Waals surface area (Å²) in [5.41, 5.74) is 2.26. The Kier molecular flexibility index (Phi) is 4.76. The van der Waals surface area contributed by atoms with Gasteiger partial charge in [0.2, 0.25) is 5.91 Å². The van der Waals surface area contributed by atoms with Crippen LogP contribution in [0, 0.1) is 5.92 Å². The second-order valence-corrected chi connectivity index (χ2v) is 9.89.